The predicted molar refractivity (Wildman–Crippen MR) is 87.0 cm³/mol. The van der Waals surface area contributed by atoms with E-state index in [2.05, 4.69) is 32.8 Å². The van der Waals surface area contributed by atoms with Crippen LogP contribution in [0.5, 0.6) is 0 Å². The fourth-order valence-electron chi connectivity index (χ4n) is 3.59. The lowest BCUT2D eigenvalue weighted by molar-refractivity contribution is -0.151. The van der Waals surface area contributed by atoms with Crippen LogP contribution in [-0.2, 0) is 14.9 Å². The highest BCUT2D eigenvalue weighted by Gasteiger charge is 2.50. The van der Waals surface area contributed by atoms with Gasteiger partial charge < -0.3 is 4.74 Å². The third-order valence-electron chi connectivity index (χ3n) is 4.69. The zero-order valence-corrected chi connectivity index (χ0v) is 15.0. The SMILES string of the molecule is COC(=O)[C@]1(C)CC[C@@](C)(c2nc(Br)c3c(Cl)nccn23)C1. The monoisotopic (exact) mass is 385 g/mol. The molecule has 2 atom stereocenters. The number of aromatic nitrogens is 3. The van der Waals surface area contributed by atoms with Gasteiger partial charge in [0.2, 0.25) is 0 Å². The number of ether oxygens (including phenoxy) is 1. The number of nitrogens with zero attached hydrogens (tertiary/aromatic N) is 3. The number of fused-ring (bicyclic) bond motifs is 1. The van der Waals surface area contributed by atoms with E-state index >= 15 is 0 Å². The standard InChI is InChI=1S/C15H17BrClN3O2/c1-14(4-5-15(2,8-14)13(21)22-3)12-19-10(16)9-11(17)18-6-7-20(9)12/h6-7H,4-5,8H2,1-3H3/t14-,15-/m1/s1. The number of carbonyl (C=O) groups is 1. The summed E-state index contributed by atoms with van der Waals surface area (Å²) in [5, 5.41) is 0.408. The maximum absolute atomic E-state index is 12.1. The molecule has 0 amide bonds. The van der Waals surface area contributed by atoms with Crippen LogP contribution >= 0.6 is 27.5 Å². The average Bonchev–Trinajstić information content (AvgIpc) is 2.99. The summed E-state index contributed by atoms with van der Waals surface area (Å²) in [5.41, 5.74) is 0.0633. The number of rotatable bonds is 2. The molecule has 1 fully saturated rings. The van der Waals surface area contributed by atoms with Gasteiger partial charge in [-0.2, -0.15) is 0 Å². The molecule has 0 saturated heterocycles. The zero-order valence-electron chi connectivity index (χ0n) is 12.7. The maximum Gasteiger partial charge on any atom is 0.311 e. The third-order valence-corrected chi connectivity index (χ3v) is 5.52. The van der Waals surface area contributed by atoms with Crippen molar-refractivity contribution >= 4 is 39.0 Å². The van der Waals surface area contributed by atoms with Gasteiger partial charge in [0.25, 0.3) is 0 Å². The van der Waals surface area contributed by atoms with Crippen molar-refractivity contribution in [1.82, 2.24) is 14.4 Å². The van der Waals surface area contributed by atoms with Crippen LogP contribution in [0.15, 0.2) is 17.0 Å². The van der Waals surface area contributed by atoms with E-state index in [1.165, 1.54) is 7.11 Å². The molecular weight excluding hydrogens is 370 g/mol. The molecule has 22 heavy (non-hydrogen) atoms. The molecule has 118 valence electrons. The van der Waals surface area contributed by atoms with Crippen molar-refractivity contribution < 1.29 is 9.53 Å². The Bertz CT molecular complexity index is 763. The average molecular weight is 387 g/mol. The summed E-state index contributed by atoms with van der Waals surface area (Å²) in [6.45, 7) is 4.10. The van der Waals surface area contributed by atoms with Crippen molar-refractivity contribution in [1.29, 1.82) is 0 Å². The maximum atomic E-state index is 12.1. The van der Waals surface area contributed by atoms with E-state index < -0.39 is 5.41 Å². The molecule has 1 aliphatic carbocycles. The molecule has 1 saturated carbocycles. The van der Waals surface area contributed by atoms with Crippen LogP contribution in [0.2, 0.25) is 5.15 Å². The molecule has 5 nitrogen and oxygen atoms in total. The Hall–Kier alpha value is -1.14. The topological polar surface area (TPSA) is 56.5 Å². The van der Waals surface area contributed by atoms with Crippen molar-refractivity contribution in [2.24, 2.45) is 5.41 Å². The van der Waals surface area contributed by atoms with Crippen LogP contribution in [0.4, 0.5) is 0 Å². The first-order valence-corrected chi connectivity index (χ1v) is 8.25. The Labute approximate surface area is 142 Å². The molecule has 0 bridgehead atoms. The third kappa shape index (κ3) is 2.24. The van der Waals surface area contributed by atoms with E-state index in [1.54, 1.807) is 6.20 Å². The Kier molecular flexibility index (Phi) is 3.72. The lowest BCUT2D eigenvalue weighted by atomic mass is 9.81. The van der Waals surface area contributed by atoms with Crippen LogP contribution in [0.25, 0.3) is 5.52 Å². The van der Waals surface area contributed by atoms with Crippen molar-refractivity contribution in [2.75, 3.05) is 7.11 Å². The van der Waals surface area contributed by atoms with Gasteiger partial charge in [0.05, 0.1) is 12.5 Å². The van der Waals surface area contributed by atoms with Gasteiger partial charge in [0.15, 0.2) is 5.15 Å². The highest BCUT2D eigenvalue weighted by Crippen LogP contribution is 2.51. The second kappa shape index (κ2) is 5.20. The lowest BCUT2D eigenvalue weighted by Crippen LogP contribution is -2.30. The first-order chi connectivity index (χ1) is 10.3. The molecule has 0 aliphatic heterocycles. The molecule has 2 heterocycles. The van der Waals surface area contributed by atoms with Crippen LogP contribution in [0.3, 0.4) is 0 Å². The van der Waals surface area contributed by atoms with Gasteiger partial charge in [0.1, 0.15) is 15.9 Å². The van der Waals surface area contributed by atoms with Crippen molar-refractivity contribution in [3.8, 4) is 0 Å². The summed E-state index contributed by atoms with van der Waals surface area (Å²) in [6.07, 6.45) is 5.85. The molecule has 0 spiro atoms. The minimum absolute atomic E-state index is 0.157. The van der Waals surface area contributed by atoms with E-state index in [9.17, 15) is 4.79 Å². The van der Waals surface area contributed by atoms with Gasteiger partial charge in [-0.3, -0.25) is 9.20 Å². The Balaban J connectivity index is 2.09. The second-order valence-corrected chi connectivity index (χ2v) is 7.56. The fourth-order valence-corrected chi connectivity index (χ4v) is 4.49. The van der Waals surface area contributed by atoms with Gasteiger partial charge in [-0.25, -0.2) is 9.97 Å². The fraction of sp³-hybridized carbons (Fsp3) is 0.533. The minimum atomic E-state index is -0.474. The van der Waals surface area contributed by atoms with Crippen LogP contribution in [-0.4, -0.2) is 27.4 Å². The molecule has 1 aliphatic rings. The molecule has 2 aromatic rings. The molecule has 0 N–H and O–H groups in total. The van der Waals surface area contributed by atoms with E-state index in [1.807, 2.05) is 17.5 Å². The Morgan fingerprint density at radius 3 is 2.86 bits per heavy atom. The zero-order chi connectivity index (χ0) is 16.1. The quantitative estimate of drug-likeness (QED) is 0.737. The van der Waals surface area contributed by atoms with Crippen LogP contribution in [0, 0.1) is 5.41 Å². The van der Waals surface area contributed by atoms with Gasteiger partial charge in [0, 0.05) is 17.8 Å². The Morgan fingerprint density at radius 2 is 2.18 bits per heavy atom. The number of halogens is 2. The van der Waals surface area contributed by atoms with Gasteiger partial charge in [-0.15, -0.1) is 0 Å². The minimum Gasteiger partial charge on any atom is -0.469 e. The number of carbonyl (C=O) groups excluding carboxylic acids is 1. The highest BCUT2D eigenvalue weighted by molar-refractivity contribution is 9.10. The second-order valence-electron chi connectivity index (χ2n) is 6.45. The molecular formula is C15H17BrClN3O2. The van der Waals surface area contributed by atoms with Crippen molar-refractivity contribution in [3.63, 3.8) is 0 Å². The molecule has 7 heteroatoms. The summed E-state index contributed by atoms with van der Waals surface area (Å²) in [4.78, 5) is 20.8. The normalized spacial score (nSPS) is 28.2. The van der Waals surface area contributed by atoms with E-state index in [4.69, 9.17) is 16.3 Å². The number of esters is 1. The van der Waals surface area contributed by atoms with Crippen LogP contribution in [0.1, 0.15) is 38.9 Å². The number of imidazole rings is 1. The first-order valence-electron chi connectivity index (χ1n) is 7.08. The highest BCUT2D eigenvalue weighted by atomic mass is 79.9. The number of hydrogen-bond donors (Lipinski definition) is 0. The van der Waals surface area contributed by atoms with Gasteiger partial charge in [-0.1, -0.05) is 18.5 Å². The van der Waals surface area contributed by atoms with Crippen LogP contribution < -0.4 is 0 Å². The molecule has 0 aromatic carbocycles. The summed E-state index contributed by atoms with van der Waals surface area (Å²) in [5.74, 6) is 0.738. The predicted octanol–water partition coefficient (Wildman–Crippen LogP) is 3.77. The van der Waals surface area contributed by atoms with E-state index in [0.717, 1.165) is 24.2 Å². The lowest BCUT2D eigenvalue weighted by Gasteiger charge is -2.26. The largest absolute Gasteiger partial charge is 0.469 e. The first kappa shape index (κ1) is 15.7. The van der Waals surface area contributed by atoms with Crippen molar-refractivity contribution in [3.05, 3.63) is 28.0 Å². The Morgan fingerprint density at radius 1 is 1.45 bits per heavy atom. The van der Waals surface area contributed by atoms with E-state index in [-0.39, 0.29) is 11.4 Å². The summed E-state index contributed by atoms with van der Waals surface area (Å²) >= 11 is 9.64. The number of methoxy groups -OCH3 is 1. The summed E-state index contributed by atoms with van der Waals surface area (Å²) in [7, 11) is 1.44. The molecule has 2 aromatic heterocycles. The summed E-state index contributed by atoms with van der Waals surface area (Å²) < 4.78 is 7.61. The molecule has 3 rings (SSSR count). The summed E-state index contributed by atoms with van der Waals surface area (Å²) in [6, 6.07) is 0. The molecule has 0 radical (unpaired) electrons. The number of hydrogen-bond acceptors (Lipinski definition) is 4. The smallest absolute Gasteiger partial charge is 0.311 e. The van der Waals surface area contributed by atoms with Gasteiger partial charge in [-0.05, 0) is 42.1 Å². The molecule has 0 unspecified atom stereocenters. The van der Waals surface area contributed by atoms with E-state index in [0.29, 0.717) is 16.2 Å². The van der Waals surface area contributed by atoms with Crippen molar-refractivity contribution in [2.45, 2.75) is 38.5 Å². The van der Waals surface area contributed by atoms with Gasteiger partial charge >= 0.3 is 5.97 Å².